The van der Waals surface area contributed by atoms with Gasteiger partial charge in [-0.05, 0) is 60.9 Å². The van der Waals surface area contributed by atoms with Gasteiger partial charge in [-0.2, -0.15) is 5.10 Å². The number of nitrogens with one attached hydrogen (secondary N) is 1. The molecule has 0 aliphatic rings. The minimum atomic E-state index is -0.276. The van der Waals surface area contributed by atoms with Crippen molar-refractivity contribution in [2.75, 3.05) is 5.32 Å². The number of amides is 1. The second-order valence-electron chi connectivity index (χ2n) is 8.73. The molecule has 0 radical (unpaired) electrons. The summed E-state index contributed by atoms with van der Waals surface area (Å²) in [5.74, 6) is 0.0165. The van der Waals surface area contributed by atoms with Crippen molar-refractivity contribution in [3.05, 3.63) is 116 Å². The van der Waals surface area contributed by atoms with E-state index in [1.54, 1.807) is 23.0 Å². The van der Waals surface area contributed by atoms with Crippen molar-refractivity contribution in [1.29, 1.82) is 0 Å². The van der Waals surface area contributed by atoms with E-state index in [0.29, 0.717) is 33.0 Å². The summed E-state index contributed by atoms with van der Waals surface area (Å²) in [6.45, 7) is 5.36. The average molecular weight is 538 g/mol. The summed E-state index contributed by atoms with van der Waals surface area (Å²) in [5, 5.41) is 9.77. The maximum absolute atomic E-state index is 13.1. The van der Waals surface area contributed by atoms with Gasteiger partial charge in [-0.15, -0.1) is 0 Å². The lowest BCUT2D eigenvalue weighted by molar-refractivity contribution is 0.102. The Morgan fingerprint density at radius 1 is 0.917 bits per heavy atom. The molecule has 0 saturated heterocycles. The number of nitrogens with zero attached hydrogens (tertiary/aromatic N) is 3. The van der Waals surface area contributed by atoms with Gasteiger partial charge in [-0.3, -0.25) is 9.48 Å². The number of carbonyl (C=O) groups is 1. The largest absolute Gasteiger partial charge is 0.340 e. The summed E-state index contributed by atoms with van der Waals surface area (Å²) in [6.07, 6.45) is 1.66. The quantitative estimate of drug-likeness (QED) is 0.241. The van der Waals surface area contributed by atoms with Gasteiger partial charge in [0.2, 0.25) is 0 Å². The molecule has 0 aliphatic heterocycles. The Kier molecular flexibility index (Phi) is 6.80. The van der Waals surface area contributed by atoms with Crippen LogP contribution < -0.4 is 5.32 Å². The molecule has 2 aromatic heterocycles. The lowest BCUT2D eigenvalue weighted by Crippen LogP contribution is -2.13. The number of anilines is 1. The number of carbonyl (C=O) groups excluding carboxylic acids is 1. The molecule has 0 unspecified atom stereocenters. The highest BCUT2D eigenvalue weighted by molar-refractivity contribution is 6.35. The fourth-order valence-electron chi connectivity index (χ4n) is 4.33. The Bertz CT molecular complexity index is 1590. The van der Waals surface area contributed by atoms with Gasteiger partial charge in [0.25, 0.3) is 5.91 Å². The molecule has 0 bridgehead atoms. The molecule has 8 heteroatoms. The third-order valence-corrected chi connectivity index (χ3v) is 7.24. The van der Waals surface area contributed by atoms with Crippen LogP contribution in [0.15, 0.2) is 72.9 Å². The third-order valence-electron chi connectivity index (χ3n) is 6.38. The number of rotatable bonds is 6. The molecule has 1 N–H and O–H groups in total. The van der Waals surface area contributed by atoms with E-state index < -0.39 is 0 Å². The zero-order valence-electron chi connectivity index (χ0n) is 19.7. The van der Waals surface area contributed by atoms with E-state index >= 15 is 0 Å². The molecule has 3 aromatic carbocycles. The Hall–Kier alpha value is -3.25. The molecule has 5 rings (SSSR count). The van der Waals surface area contributed by atoms with Crippen LogP contribution in [-0.2, 0) is 13.1 Å². The van der Waals surface area contributed by atoms with Gasteiger partial charge < -0.3 is 9.88 Å². The number of aromatic nitrogens is 3. The Labute approximate surface area is 224 Å². The number of halogens is 3. The van der Waals surface area contributed by atoms with Crippen LogP contribution >= 0.6 is 34.8 Å². The first-order valence-electron chi connectivity index (χ1n) is 11.4. The summed E-state index contributed by atoms with van der Waals surface area (Å²) in [4.78, 5) is 13.1. The molecule has 0 atom stereocenters. The van der Waals surface area contributed by atoms with Crippen molar-refractivity contribution in [3.8, 4) is 0 Å². The minimum absolute atomic E-state index is 0.276. The minimum Gasteiger partial charge on any atom is -0.340 e. The van der Waals surface area contributed by atoms with Crippen LogP contribution in [0.2, 0.25) is 15.1 Å². The number of benzene rings is 3. The molecule has 0 aliphatic carbocycles. The normalized spacial score (nSPS) is 11.2. The molecule has 5 aromatic rings. The summed E-state index contributed by atoms with van der Waals surface area (Å²) in [7, 11) is 0. The molecule has 0 fully saturated rings. The zero-order valence-corrected chi connectivity index (χ0v) is 22.0. The molecule has 0 saturated carbocycles. The molecule has 36 heavy (non-hydrogen) atoms. The van der Waals surface area contributed by atoms with E-state index in [1.807, 2.05) is 42.5 Å². The van der Waals surface area contributed by atoms with Crippen molar-refractivity contribution in [2.45, 2.75) is 26.9 Å². The van der Waals surface area contributed by atoms with Crippen LogP contribution in [-0.4, -0.2) is 20.3 Å². The van der Waals surface area contributed by atoms with E-state index in [9.17, 15) is 4.79 Å². The predicted octanol–water partition coefficient (Wildman–Crippen LogP) is 7.76. The molecular weight excluding hydrogens is 515 g/mol. The second kappa shape index (κ2) is 10.0. The number of hydrogen-bond donors (Lipinski definition) is 1. The smallest absolute Gasteiger partial charge is 0.256 e. The highest BCUT2D eigenvalue weighted by Gasteiger charge is 2.17. The van der Waals surface area contributed by atoms with E-state index in [-0.39, 0.29) is 5.91 Å². The van der Waals surface area contributed by atoms with Gasteiger partial charge in [0, 0.05) is 44.9 Å². The highest BCUT2D eigenvalue weighted by Crippen LogP contribution is 2.29. The van der Waals surface area contributed by atoms with Crippen LogP contribution in [0.3, 0.4) is 0 Å². The Morgan fingerprint density at radius 2 is 1.69 bits per heavy atom. The number of aryl methyl sites for hydroxylation is 1. The number of hydrogen-bond acceptors (Lipinski definition) is 2. The van der Waals surface area contributed by atoms with Gasteiger partial charge in [-0.1, -0.05) is 71.2 Å². The lowest BCUT2D eigenvalue weighted by Gasteiger charge is -2.09. The third kappa shape index (κ3) is 4.87. The van der Waals surface area contributed by atoms with Crippen molar-refractivity contribution in [2.24, 2.45) is 0 Å². The Morgan fingerprint density at radius 3 is 2.44 bits per heavy atom. The van der Waals surface area contributed by atoms with Crippen molar-refractivity contribution >= 4 is 57.4 Å². The van der Waals surface area contributed by atoms with Crippen molar-refractivity contribution in [3.63, 3.8) is 0 Å². The standard InChI is InChI=1S/C28H23Cl3N4O/c1-17-18(2)35(14-19-6-4-3-5-7-19)26-11-9-20(12-23(17)26)28(36)32-27-25(31)16-34(33-27)15-21-8-10-22(29)13-24(21)30/h3-13,16H,14-15H2,1-2H3,(H,32,33,36). The highest BCUT2D eigenvalue weighted by atomic mass is 35.5. The summed E-state index contributed by atoms with van der Waals surface area (Å²) in [5.41, 5.74) is 6.02. The van der Waals surface area contributed by atoms with Gasteiger partial charge in [-0.25, -0.2) is 0 Å². The molecular formula is C28H23Cl3N4O. The molecule has 5 nitrogen and oxygen atoms in total. The van der Waals surface area contributed by atoms with Gasteiger partial charge >= 0.3 is 0 Å². The van der Waals surface area contributed by atoms with Crippen LogP contribution in [0.4, 0.5) is 5.82 Å². The predicted molar refractivity (Wildman–Crippen MR) is 148 cm³/mol. The van der Waals surface area contributed by atoms with Gasteiger partial charge in [0.15, 0.2) is 5.82 Å². The van der Waals surface area contributed by atoms with Crippen LogP contribution in [0, 0.1) is 13.8 Å². The first kappa shape index (κ1) is 24.4. The first-order valence-corrected chi connectivity index (χ1v) is 12.5. The zero-order chi connectivity index (χ0) is 25.4. The second-order valence-corrected chi connectivity index (χ2v) is 9.98. The fraction of sp³-hybridized carbons (Fsp3) is 0.143. The van der Waals surface area contributed by atoms with Crippen LogP contribution in [0.25, 0.3) is 10.9 Å². The van der Waals surface area contributed by atoms with E-state index in [0.717, 1.165) is 28.6 Å². The SMILES string of the molecule is Cc1c(C)n(Cc2ccccc2)c2ccc(C(=O)Nc3nn(Cc4ccc(Cl)cc4Cl)cc3Cl)cc12. The van der Waals surface area contributed by atoms with Gasteiger partial charge in [0.1, 0.15) is 5.02 Å². The van der Waals surface area contributed by atoms with E-state index in [4.69, 9.17) is 34.8 Å². The first-order chi connectivity index (χ1) is 17.3. The summed E-state index contributed by atoms with van der Waals surface area (Å²) in [6, 6.07) is 21.4. The van der Waals surface area contributed by atoms with E-state index in [1.165, 1.54) is 11.3 Å². The Balaban J connectivity index is 1.37. The summed E-state index contributed by atoms with van der Waals surface area (Å²) < 4.78 is 3.91. The van der Waals surface area contributed by atoms with E-state index in [2.05, 4.69) is 41.0 Å². The molecule has 182 valence electrons. The molecule has 0 spiro atoms. The lowest BCUT2D eigenvalue weighted by atomic mass is 10.1. The van der Waals surface area contributed by atoms with Crippen molar-refractivity contribution in [1.82, 2.24) is 14.3 Å². The van der Waals surface area contributed by atoms with Crippen LogP contribution in [0.5, 0.6) is 0 Å². The maximum Gasteiger partial charge on any atom is 0.256 e. The molecule has 1 amide bonds. The topological polar surface area (TPSA) is 51.9 Å². The van der Waals surface area contributed by atoms with Crippen LogP contribution in [0.1, 0.15) is 32.7 Å². The monoisotopic (exact) mass is 536 g/mol. The molecule has 2 heterocycles. The summed E-state index contributed by atoms with van der Waals surface area (Å²) >= 11 is 18.6. The maximum atomic E-state index is 13.1. The number of fused-ring (bicyclic) bond motifs is 1. The van der Waals surface area contributed by atoms with Crippen molar-refractivity contribution < 1.29 is 4.79 Å². The average Bonchev–Trinajstić information content (AvgIpc) is 3.32. The fourth-order valence-corrected chi connectivity index (χ4v) is 4.99. The van der Waals surface area contributed by atoms with Gasteiger partial charge in [0.05, 0.1) is 6.54 Å².